The number of benzene rings is 2. The molecular formula is C19H22O6. The standard InChI is InChI=1S/C19H22O6/c20-10-15-16(21)17(22)18(23)19(25-15)13-6-4-5-12(9-13)11-24-14-7-2-1-3-8-14/h1-9,15-23H,10-11H2/t15-,16-,17+,18+,19-/m1/s1. The predicted molar refractivity (Wildman–Crippen MR) is 89.9 cm³/mol. The van der Waals surface area contributed by atoms with E-state index in [0.29, 0.717) is 12.2 Å². The van der Waals surface area contributed by atoms with Gasteiger partial charge < -0.3 is 29.9 Å². The van der Waals surface area contributed by atoms with Crippen LogP contribution in [-0.2, 0) is 11.3 Å². The first-order chi connectivity index (χ1) is 12.1. The Morgan fingerprint density at radius 1 is 0.880 bits per heavy atom. The van der Waals surface area contributed by atoms with Gasteiger partial charge in [0.25, 0.3) is 0 Å². The summed E-state index contributed by atoms with van der Waals surface area (Å²) in [6.45, 7) is -0.104. The maximum absolute atomic E-state index is 10.2. The Bertz CT molecular complexity index is 675. The second-order valence-electron chi connectivity index (χ2n) is 6.10. The number of aliphatic hydroxyl groups excluding tert-OH is 4. The minimum Gasteiger partial charge on any atom is -0.489 e. The van der Waals surface area contributed by atoms with Crippen LogP contribution in [-0.4, -0.2) is 51.4 Å². The van der Waals surface area contributed by atoms with E-state index in [1.165, 1.54) is 0 Å². The topological polar surface area (TPSA) is 99.4 Å². The maximum Gasteiger partial charge on any atom is 0.119 e. The van der Waals surface area contributed by atoms with Crippen molar-refractivity contribution < 1.29 is 29.9 Å². The third-order valence-corrected chi connectivity index (χ3v) is 4.32. The summed E-state index contributed by atoms with van der Waals surface area (Å²) < 4.78 is 11.3. The molecular weight excluding hydrogens is 324 g/mol. The smallest absolute Gasteiger partial charge is 0.119 e. The van der Waals surface area contributed by atoms with Gasteiger partial charge in [0.2, 0.25) is 0 Å². The lowest BCUT2D eigenvalue weighted by molar-refractivity contribution is -0.231. The molecule has 2 aromatic carbocycles. The van der Waals surface area contributed by atoms with Crippen molar-refractivity contribution in [1.29, 1.82) is 0 Å². The second-order valence-corrected chi connectivity index (χ2v) is 6.10. The average molecular weight is 346 g/mol. The molecule has 0 aromatic heterocycles. The Balaban J connectivity index is 1.74. The normalized spacial score (nSPS) is 29.4. The molecule has 0 amide bonds. The lowest BCUT2D eigenvalue weighted by Gasteiger charge is -2.40. The first kappa shape index (κ1) is 17.8. The molecule has 1 aliphatic rings. The van der Waals surface area contributed by atoms with E-state index < -0.39 is 37.1 Å². The molecule has 4 N–H and O–H groups in total. The predicted octanol–water partition coefficient (Wildman–Crippen LogP) is 0.780. The summed E-state index contributed by atoms with van der Waals surface area (Å²) in [5.74, 6) is 0.751. The van der Waals surface area contributed by atoms with Crippen LogP contribution in [0.5, 0.6) is 5.75 Å². The van der Waals surface area contributed by atoms with E-state index in [2.05, 4.69) is 0 Å². The average Bonchev–Trinajstić information content (AvgIpc) is 2.66. The summed E-state index contributed by atoms with van der Waals surface area (Å²) in [6.07, 6.45) is -5.80. The number of rotatable bonds is 5. The monoisotopic (exact) mass is 346 g/mol. The summed E-state index contributed by atoms with van der Waals surface area (Å²) in [5, 5.41) is 39.3. The van der Waals surface area contributed by atoms with Gasteiger partial charge in [-0.2, -0.15) is 0 Å². The van der Waals surface area contributed by atoms with Crippen molar-refractivity contribution in [2.24, 2.45) is 0 Å². The molecule has 0 unspecified atom stereocenters. The van der Waals surface area contributed by atoms with Gasteiger partial charge >= 0.3 is 0 Å². The van der Waals surface area contributed by atoms with Gasteiger partial charge in [0.05, 0.1) is 6.61 Å². The highest BCUT2D eigenvalue weighted by atomic mass is 16.5. The SMILES string of the molecule is OC[C@H]1O[C@H](c2cccc(COc3ccccc3)c2)[C@@H](O)[C@@H](O)[C@@H]1O. The summed E-state index contributed by atoms with van der Waals surface area (Å²) in [7, 11) is 0. The van der Waals surface area contributed by atoms with E-state index in [1.54, 1.807) is 12.1 Å². The molecule has 1 aliphatic heterocycles. The number of hydrogen-bond donors (Lipinski definition) is 4. The maximum atomic E-state index is 10.2. The van der Waals surface area contributed by atoms with Gasteiger partial charge in [0.1, 0.15) is 42.9 Å². The van der Waals surface area contributed by atoms with Gasteiger partial charge in [-0.15, -0.1) is 0 Å². The van der Waals surface area contributed by atoms with Crippen LogP contribution in [0.1, 0.15) is 17.2 Å². The Morgan fingerprint density at radius 3 is 2.36 bits per heavy atom. The highest BCUT2D eigenvalue weighted by Gasteiger charge is 2.43. The van der Waals surface area contributed by atoms with Crippen LogP contribution in [0.4, 0.5) is 0 Å². The van der Waals surface area contributed by atoms with Crippen LogP contribution in [0, 0.1) is 0 Å². The minimum absolute atomic E-state index is 0.343. The van der Waals surface area contributed by atoms with Crippen LogP contribution >= 0.6 is 0 Å². The van der Waals surface area contributed by atoms with Gasteiger partial charge in [-0.1, -0.05) is 36.4 Å². The molecule has 6 heteroatoms. The Labute approximate surface area is 145 Å². The second kappa shape index (κ2) is 7.95. The van der Waals surface area contributed by atoms with Crippen molar-refractivity contribution in [3.63, 3.8) is 0 Å². The molecule has 6 nitrogen and oxygen atoms in total. The third kappa shape index (κ3) is 4.00. The van der Waals surface area contributed by atoms with Crippen molar-refractivity contribution >= 4 is 0 Å². The molecule has 134 valence electrons. The van der Waals surface area contributed by atoms with E-state index in [0.717, 1.165) is 11.3 Å². The molecule has 0 radical (unpaired) electrons. The molecule has 0 aliphatic carbocycles. The van der Waals surface area contributed by atoms with Crippen LogP contribution in [0.25, 0.3) is 0 Å². The van der Waals surface area contributed by atoms with Crippen molar-refractivity contribution in [2.45, 2.75) is 37.1 Å². The van der Waals surface area contributed by atoms with E-state index >= 15 is 0 Å². The van der Waals surface area contributed by atoms with E-state index in [9.17, 15) is 20.4 Å². The van der Waals surface area contributed by atoms with Crippen LogP contribution in [0.2, 0.25) is 0 Å². The number of para-hydroxylation sites is 1. The van der Waals surface area contributed by atoms with Crippen molar-refractivity contribution in [3.05, 3.63) is 65.7 Å². The molecule has 25 heavy (non-hydrogen) atoms. The lowest BCUT2D eigenvalue weighted by Crippen LogP contribution is -2.55. The summed E-state index contributed by atoms with van der Waals surface area (Å²) >= 11 is 0. The molecule has 1 fully saturated rings. The highest BCUT2D eigenvalue weighted by molar-refractivity contribution is 5.28. The zero-order chi connectivity index (χ0) is 17.8. The van der Waals surface area contributed by atoms with Gasteiger partial charge in [-0.3, -0.25) is 0 Å². The molecule has 0 saturated carbocycles. The molecule has 3 rings (SSSR count). The highest BCUT2D eigenvalue weighted by Crippen LogP contribution is 2.32. The van der Waals surface area contributed by atoms with Gasteiger partial charge in [-0.05, 0) is 29.3 Å². The Morgan fingerprint density at radius 2 is 1.64 bits per heavy atom. The Hall–Kier alpha value is -1.96. The first-order valence-corrected chi connectivity index (χ1v) is 8.17. The molecule has 0 bridgehead atoms. The van der Waals surface area contributed by atoms with Crippen LogP contribution in [0.3, 0.4) is 0 Å². The Kier molecular flexibility index (Phi) is 5.67. The van der Waals surface area contributed by atoms with E-state index in [4.69, 9.17) is 9.47 Å². The summed E-state index contributed by atoms with van der Waals surface area (Å²) in [6, 6.07) is 16.7. The fourth-order valence-corrected chi connectivity index (χ4v) is 2.92. The zero-order valence-electron chi connectivity index (χ0n) is 13.6. The number of aliphatic hydroxyl groups is 4. The van der Waals surface area contributed by atoms with E-state index in [-0.39, 0.29) is 0 Å². The minimum atomic E-state index is -1.39. The third-order valence-electron chi connectivity index (χ3n) is 4.32. The largest absolute Gasteiger partial charge is 0.489 e. The van der Waals surface area contributed by atoms with Gasteiger partial charge in [0.15, 0.2) is 0 Å². The van der Waals surface area contributed by atoms with Gasteiger partial charge in [-0.25, -0.2) is 0 Å². The van der Waals surface area contributed by atoms with Crippen LogP contribution in [0.15, 0.2) is 54.6 Å². The summed E-state index contributed by atoms with van der Waals surface area (Å²) in [4.78, 5) is 0. The fraction of sp³-hybridized carbons (Fsp3) is 0.368. The molecule has 5 atom stereocenters. The number of hydrogen-bond acceptors (Lipinski definition) is 6. The van der Waals surface area contributed by atoms with E-state index in [1.807, 2.05) is 42.5 Å². The van der Waals surface area contributed by atoms with Crippen LogP contribution < -0.4 is 4.74 Å². The van der Waals surface area contributed by atoms with Crippen molar-refractivity contribution in [1.82, 2.24) is 0 Å². The molecule has 1 saturated heterocycles. The summed E-state index contributed by atoms with van der Waals surface area (Å²) in [5.41, 5.74) is 1.52. The number of ether oxygens (including phenoxy) is 2. The molecule has 2 aromatic rings. The first-order valence-electron chi connectivity index (χ1n) is 8.17. The quantitative estimate of drug-likeness (QED) is 0.639. The van der Waals surface area contributed by atoms with Gasteiger partial charge in [0, 0.05) is 0 Å². The van der Waals surface area contributed by atoms with Crippen molar-refractivity contribution in [3.8, 4) is 5.75 Å². The van der Waals surface area contributed by atoms with Crippen molar-refractivity contribution in [2.75, 3.05) is 6.61 Å². The fourth-order valence-electron chi connectivity index (χ4n) is 2.92. The lowest BCUT2D eigenvalue weighted by atomic mass is 9.91. The molecule has 1 heterocycles. The molecule has 0 spiro atoms. The zero-order valence-corrected chi connectivity index (χ0v) is 13.6.